The molecule has 1 aliphatic rings. The van der Waals surface area contributed by atoms with Crippen molar-refractivity contribution in [2.75, 3.05) is 12.3 Å². The maximum absolute atomic E-state index is 11.8. The third-order valence-electron chi connectivity index (χ3n) is 3.74. The average molecular weight is 283 g/mol. The molecule has 19 heavy (non-hydrogen) atoms. The summed E-state index contributed by atoms with van der Waals surface area (Å²) in [5, 5.41) is 2.99. The standard InChI is InChI=1S/C15H22N2O.ClH/c16-14-8-6-13(7-9-14)15(18)17-11-10-12-4-2-1-3-5-12;/h6-9,12H,1-5,10-11,16H2,(H,17,18);1H. The Morgan fingerprint density at radius 2 is 1.79 bits per heavy atom. The first-order valence-electron chi connectivity index (χ1n) is 6.89. The number of anilines is 1. The zero-order valence-corrected chi connectivity index (χ0v) is 12.0. The average Bonchev–Trinajstić information content (AvgIpc) is 2.40. The number of amides is 1. The molecule has 1 amide bonds. The Kier molecular flexibility index (Phi) is 6.71. The Morgan fingerprint density at radius 1 is 1.16 bits per heavy atom. The summed E-state index contributed by atoms with van der Waals surface area (Å²) in [7, 11) is 0. The van der Waals surface area contributed by atoms with E-state index in [2.05, 4.69) is 5.32 Å². The predicted molar refractivity (Wildman–Crippen MR) is 81.6 cm³/mol. The second-order valence-corrected chi connectivity index (χ2v) is 5.17. The van der Waals surface area contributed by atoms with E-state index in [4.69, 9.17) is 5.73 Å². The molecule has 0 aliphatic heterocycles. The van der Waals surface area contributed by atoms with Crippen LogP contribution in [0.2, 0.25) is 0 Å². The van der Waals surface area contributed by atoms with Crippen molar-refractivity contribution in [2.45, 2.75) is 38.5 Å². The van der Waals surface area contributed by atoms with Gasteiger partial charge >= 0.3 is 0 Å². The maximum Gasteiger partial charge on any atom is 0.251 e. The van der Waals surface area contributed by atoms with E-state index in [1.165, 1.54) is 32.1 Å². The number of nitrogens with one attached hydrogen (secondary N) is 1. The summed E-state index contributed by atoms with van der Waals surface area (Å²) in [6, 6.07) is 7.06. The van der Waals surface area contributed by atoms with E-state index >= 15 is 0 Å². The van der Waals surface area contributed by atoms with Crippen molar-refractivity contribution < 1.29 is 4.79 Å². The third-order valence-corrected chi connectivity index (χ3v) is 3.74. The minimum absolute atomic E-state index is 0. The number of benzene rings is 1. The number of nitrogens with two attached hydrogens (primary N) is 1. The van der Waals surface area contributed by atoms with Crippen LogP contribution in [0.4, 0.5) is 5.69 Å². The van der Waals surface area contributed by atoms with E-state index < -0.39 is 0 Å². The minimum Gasteiger partial charge on any atom is -0.399 e. The molecule has 3 nitrogen and oxygen atoms in total. The zero-order valence-electron chi connectivity index (χ0n) is 11.2. The molecule has 1 fully saturated rings. The lowest BCUT2D eigenvalue weighted by atomic mass is 9.87. The van der Waals surface area contributed by atoms with Gasteiger partial charge in [0.05, 0.1) is 0 Å². The first kappa shape index (κ1) is 15.8. The molecular weight excluding hydrogens is 260 g/mol. The molecule has 1 aromatic rings. The zero-order chi connectivity index (χ0) is 12.8. The van der Waals surface area contributed by atoms with Crippen molar-refractivity contribution in [2.24, 2.45) is 5.92 Å². The lowest BCUT2D eigenvalue weighted by Gasteiger charge is -2.21. The summed E-state index contributed by atoms with van der Waals surface area (Å²) >= 11 is 0. The Bertz CT molecular complexity index is 386. The SMILES string of the molecule is Cl.Nc1ccc(C(=O)NCCC2CCCCC2)cc1. The molecule has 0 atom stereocenters. The van der Waals surface area contributed by atoms with Gasteiger partial charge in [-0.15, -0.1) is 12.4 Å². The Morgan fingerprint density at radius 3 is 2.42 bits per heavy atom. The van der Waals surface area contributed by atoms with Gasteiger partial charge in [0.15, 0.2) is 0 Å². The molecule has 0 spiro atoms. The Hall–Kier alpha value is -1.22. The molecule has 0 heterocycles. The summed E-state index contributed by atoms with van der Waals surface area (Å²) in [5.74, 6) is 0.816. The van der Waals surface area contributed by atoms with E-state index in [-0.39, 0.29) is 18.3 Å². The summed E-state index contributed by atoms with van der Waals surface area (Å²) < 4.78 is 0. The molecule has 106 valence electrons. The van der Waals surface area contributed by atoms with Crippen LogP contribution in [-0.4, -0.2) is 12.5 Å². The molecule has 0 bridgehead atoms. The van der Waals surface area contributed by atoms with Crippen LogP contribution in [0, 0.1) is 5.92 Å². The second-order valence-electron chi connectivity index (χ2n) is 5.17. The quantitative estimate of drug-likeness (QED) is 0.832. The molecule has 0 radical (unpaired) electrons. The smallest absolute Gasteiger partial charge is 0.251 e. The van der Waals surface area contributed by atoms with E-state index in [0.29, 0.717) is 11.3 Å². The van der Waals surface area contributed by atoms with Gasteiger partial charge in [-0.05, 0) is 36.6 Å². The van der Waals surface area contributed by atoms with E-state index in [0.717, 1.165) is 18.9 Å². The number of rotatable bonds is 4. The van der Waals surface area contributed by atoms with Crippen molar-refractivity contribution in [1.82, 2.24) is 5.32 Å². The molecular formula is C15H23ClN2O. The van der Waals surface area contributed by atoms with Gasteiger partial charge in [0.2, 0.25) is 0 Å². The highest BCUT2D eigenvalue weighted by Crippen LogP contribution is 2.25. The number of nitrogen functional groups attached to an aromatic ring is 1. The van der Waals surface area contributed by atoms with Crippen LogP contribution in [0.5, 0.6) is 0 Å². The van der Waals surface area contributed by atoms with Gasteiger partial charge < -0.3 is 11.1 Å². The fourth-order valence-electron chi connectivity index (χ4n) is 2.60. The van der Waals surface area contributed by atoms with Crippen molar-refractivity contribution >= 4 is 24.0 Å². The summed E-state index contributed by atoms with van der Waals surface area (Å²) in [4.78, 5) is 11.8. The topological polar surface area (TPSA) is 55.1 Å². The highest BCUT2D eigenvalue weighted by atomic mass is 35.5. The molecule has 0 unspecified atom stereocenters. The van der Waals surface area contributed by atoms with Crippen molar-refractivity contribution in [3.8, 4) is 0 Å². The van der Waals surface area contributed by atoms with Gasteiger partial charge in [-0.25, -0.2) is 0 Å². The second kappa shape index (κ2) is 8.05. The van der Waals surface area contributed by atoms with E-state index in [9.17, 15) is 4.79 Å². The molecule has 4 heteroatoms. The predicted octanol–water partition coefficient (Wildman–Crippen LogP) is 3.39. The lowest BCUT2D eigenvalue weighted by molar-refractivity contribution is 0.0950. The van der Waals surface area contributed by atoms with Crippen LogP contribution in [-0.2, 0) is 0 Å². The van der Waals surface area contributed by atoms with Gasteiger partial charge in [0, 0.05) is 17.8 Å². The summed E-state index contributed by atoms with van der Waals surface area (Å²) in [5.41, 5.74) is 6.97. The van der Waals surface area contributed by atoms with E-state index in [1.807, 2.05) is 0 Å². The number of hydrogen-bond donors (Lipinski definition) is 2. The van der Waals surface area contributed by atoms with Crippen molar-refractivity contribution in [1.29, 1.82) is 0 Å². The molecule has 1 saturated carbocycles. The molecule has 0 saturated heterocycles. The molecule has 0 aromatic heterocycles. The molecule has 1 aromatic carbocycles. The van der Waals surface area contributed by atoms with Crippen LogP contribution < -0.4 is 11.1 Å². The van der Waals surface area contributed by atoms with Gasteiger partial charge in [-0.2, -0.15) is 0 Å². The number of halogens is 1. The first-order valence-corrected chi connectivity index (χ1v) is 6.89. The summed E-state index contributed by atoms with van der Waals surface area (Å²) in [6.45, 7) is 0.786. The monoisotopic (exact) mass is 282 g/mol. The van der Waals surface area contributed by atoms with Gasteiger partial charge in [0.1, 0.15) is 0 Å². The highest BCUT2D eigenvalue weighted by molar-refractivity contribution is 5.94. The molecule has 1 aliphatic carbocycles. The highest BCUT2D eigenvalue weighted by Gasteiger charge is 2.13. The van der Waals surface area contributed by atoms with Crippen LogP contribution in [0.25, 0.3) is 0 Å². The normalized spacial score (nSPS) is 15.6. The van der Waals surface area contributed by atoms with Gasteiger partial charge in [-0.1, -0.05) is 32.1 Å². The third kappa shape index (κ3) is 5.11. The van der Waals surface area contributed by atoms with Crippen LogP contribution in [0.1, 0.15) is 48.9 Å². The van der Waals surface area contributed by atoms with Gasteiger partial charge in [-0.3, -0.25) is 4.79 Å². The fourth-order valence-corrected chi connectivity index (χ4v) is 2.60. The van der Waals surface area contributed by atoms with Crippen molar-refractivity contribution in [3.63, 3.8) is 0 Å². The molecule has 3 N–H and O–H groups in total. The summed E-state index contributed by atoms with van der Waals surface area (Å²) in [6.07, 6.45) is 7.87. The Balaban J connectivity index is 0.00000180. The van der Waals surface area contributed by atoms with Gasteiger partial charge in [0.25, 0.3) is 5.91 Å². The largest absolute Gasteiger partial charge is 0.399 e. The molecule has 2 rings (SSSR count). The first-order chi connectivity index (χ1) is 8.75. The van der Waals surface area contributed by atoms with Crippen LogP contribution >= 0.6 is 12.4 Å². The van der Waals surface area contributed by atoms with Crippen LogP contribution in [0.3, 0.4) is 0 Å². The number of carbonyl (C=O) groups is 1. The number of carbonyl (C=O) groups excluding carboxylic acids is 1. The maximum atomic E-state index is 11.8. The minimum atomic E-state index is 0. The number of hydrogen-bond acceptors (Lipinski definition) is 2. The lowest BCUT2D eigenvalue weighted by Crippen LogP contribution is -2.26. The van der Waals surface area contributed by atoms with E-state index in [1.54, 1.807) is 24.3 Å². The Labute approximate surface area is 121 Å². The fraction of sp³-hybridized carbons (Fsp3) is 0.533. The van der Waals surface area contributed by atoms with Crippen molar-refractivity contribution in [3.05, 3.63) is 29.8 Å². The van der Waals surface area contributed by atoms with Crippen LogP contribution in [0.15, 0.2) is 24.3 Å².